The molecule has 6 nitrogen and oxygen atoms in total. The van der Waals surface area contributed by atoms with E-state index in [0.717, 1.165) is 44.9 Å². The molecule has 0 spiro atoms. The van der Waals surface area contributed by atoms with E-state index in [4.69, 9.17) is 4.42 Å². The fourth-order valence-corrected chi connectivity index (χ4v) is 3.45. The molecule has 1 saturated heterocycles. The van der Waals surface area contributed by atoms with Gasteiger partial charge in [0.2, 0.25) is 5.91 Å². The summed E-state index contributed by atoms with van der Waals surface area (Å²) in [7, 11) is 1.92. The van der Waals surface area contributed by atoms with Crippen molar-refractivity contribution in [3.05, 3.63) is 42.1 Å². The molecule has 0 radical (unpaired) electrons. The van der Waals surface area contributed by atoms with Gasteiger partial charge in [-0.2, -0.15) is 5.10 Å². The van der Waals surface area contributed by atoms with Crippen LogP contribution in [0.4, 0.5) is 0 Å². The second-order valence-corrected chi connectivity index (χ2v) is 6.58. The standard InChI is InChI=1S/C17H22N4O2/c1-19-11-13(10-18-19)15-9-16(15)17(22)21-6-4-20(5-7-21)12-14-3-2-8-23-14/h2-3,8,10-11,15-16H,4-7,9,12H2,1H3/t15-,16-/m1/s1. The van der Waals surface area contributed by atoms with Crippen LogP contribution in [0.5, 0.6) is 0 Å². The van der Waals surface area contributed by atoms with Gasteiger partial charge in [-0.15, -0.1) is 0 Å². The SMILES string of the molecule is Cn1cc([C@H]2C[C@H]2C(=O)N2CCN(Cc3ccco3)CC2)cn1. The Hall–Kier alpha value is -2.08. The number of amides is 1. The van der Waals surface area contributed by atoms with Crippen molar-refractivity contribution >= 4 is 5.91 Å². The van der Waals surface area contributed by atoms with Gasteiger partial charge in [-0.3, -0.25) is 14.4 Å². The third-order valence-corrected chi connectivity index (χ3v) is 4.90. The fraction of sp³-hybridized carbons (Fsp3) is 0.529. The van der Waals surface area contributed by atoms with Crippen LogP contribution in [-0.4, -0.2) is 51.7 Å². The van der Waals surface area contributed by atoms with Crippen LogP contribution < -0.4 is 0 Å². The predicted molar refractivity (Wildman–Crippen MR) is 84.6 cm³/mol. The third-order valence-electron chi connectivity index (χ3n) is 4.90. The van der Waals surface area contributed by atoms with Crippen molar-refractivity contribution in [3.63, 3.8) is 0 Å². The summed E-state index contributed by atoms with van der Waals surface area (Å²) >= 11 is 0. The lowest BCUT2D eigenvalue weighted by Gasteiger charge is -2.34. The van der Waals surface area contributed by atoms with Crippen molar-refractivity contribution in [2.24, 2.45) is 13.0 Å². The van der Waals surface area contributed by atoms with Crippen LogP contribution in [0, 0.1) is 5.92 Å². The molecule has 0 unspecified atom stereocenters. The molecule has 2 aliphatic rings. The Kier molecular flexibility index (Phi) is 3.69. The number of hydrogen-bond acceptors (Lipinski definition) is 4. The molecule has 1 aliphatic carbocycles. The van der Waals surface area contributed by atoms with Gasteiger partial charge in [-0.05, 0) is 30.0 Å². The molecule has 0 bridgehead atoms. The van der Waals surface area contributed by atoms with Gasteiger partial charge in [0, 0.05) is 45.3 Å². The van der Waals surface area contributed by atoms with Crippen LogP contribution >= 0.6 is 0 Å². The lowest BCUT2D eigenvalue weighted by atomic mass is 10.1. The molecule has 6 heteroatoms. The number of aryl methyl sites for hydroxylation is 1. The highest BCUT2D eigenvalue weighted by Gasteiger charge is 2.46. The summed E-state index contributed by atoms with van der Waals surface area (Å²) in [5.41, 5.74) is 1.20. The van der Waals surface area contributed by atoms with Crippen LogP contribution in [0.25, 0.3) is 0 Å². The lowest BCUT2D eigenvalue weighted by molar-refractivity contribution is -0.134. The number of rotatable bonds is 4. The molecule has 0 aromatic carbocycles. The maximum Gasteiger partial charge on any atom is 0.226 e. The van der Waals surface area contributed by atoms with Gasteiger partial charge in [0.15, 0.2) is 0 Å². The molecule has 1 saturated carbocycles. The minimum atomic E-state index is 0.163. The second-order valence-electron chi connectivity index (χ2n) is 6.58. The highest BCUT2D eigenvalue weighted by Crippen LogP contribution is 2.48. The summed E-state index contributed by atoms with van der Waals surface area (Å²) in [6.07, 6.45) is 6.59. The van der Waals surface area contributed by atoms with Crippen LogP contribution in [0.1, 0.15) is 23.7 Å². The molecule has 2 aromatic rings. The van der Waals surface area contributed by atoms with E-state index in [-0.39, 0.29) is 5.92 Å². The molecule has 1 amide bonds. The lowest BCUT2D eigenvalue weighted by Crippen LogP contribution is -2.48. The molecule has 122 valence electrons. The highest BCUT2D eigenvalue weighted by molar-refractivity contribution is 5.83. The van der Waals surface area contributed by atoms with Crippen LogP contribution in [0.2, 0.25) is 0 Å². The molecular formula is C17H22N4O2. The van der Waals surface area contributed by atoms with Gasteiger partial charge >= 0.3 is 0 Å². The first-order valence-electron chi connectivity index (χ1n) is 8.23. The van der Waals surface area contributed by atoms with E-state index in [1.54, 1.807) is 6.26 Å². The molecule has 0 N–H and O–H groups in total. The van der Waals surface area contributed by atoms with Crippen molar-refractivity contribution in [2.45, 2.75) is 18.9 Å². The van der Waals surface area contributed by atoms with Crippen molar-refractivity contribution < 1.29 is 9.21 Å². The zero-order valence-corrected chi connectivity index (χ0v) is 13.4. The largest absolute Gasteiger partial charge is 0.468 e. The first kappa shape index (κ1) is 14.5. The average molecular weight is 314 g/mol. The van der Waals surface area contributed by atoms with E-state index < -0.39 is 0 Å². The number of carbonyl (C=O) groups excluding carboxylic acids is 1. The molecular weight excluding hydrogens is 292 g/mol. The Morgan fingerprint density at radius 2 is 2.17 bits per heavy atom. The van der Waals surface area contributed by atoms with E-state index in [2.05, 4.69) is 10.00 Å². The van der Waals surface area contributed by atoms with Crippen molar-refractivity contribution in [2.75, 3.05) is 26.2 Å². The first-order valence-corrected chi connectivity index (χ1v) is 8.23. The summed E-state index contributed by atoms with van der Waals surface area (Å²) in [5, 5.41) is 4.21. The zero-order valence-electron chi connectivity index (χ0n) is 13.4. The molecule has 2 aromatic heterocycles. The molecule has 3 heterocycles. The Labute approximate surface area is 135 Å². The van der Waals surface area contributed by atoms with E-state index in [9.17, 15) is 4.79 Å². The number of aromatic nitrogens is 2. The van der Waals surface area contributed by atoms with Gasteiger partial charge in [0.05, 0.1) is 19.0 Å². The van der Waals surface area contributed by atoms with Gasteiger partial charge in [-0.1, -0.05) is 0 Å². The third kappa shape index (κ3) is 3.03. The van der Waals surface area contributed by atoms with Gasteiger partial charge in [-0.25, -0.2) is 0 Å². The fourth-order valence-electron chi connectivity index (χ4n) is 3.45. The molecule has 23 heavy (non-hydrogen) atoms. The molecule has 2 atom stereocenters. The average Bonchev–Trinajstić information content (AvgIpc) is 2.96. The summed E-state index contributed by atoms with van der Waals surface area (Å²) in [6.45, 7) is 4.29. The Bertz CT molecular complexity index is 671. The number of piperazine rings is 1. The quantitative estimate of drug-likeness (QED) is 0.857. The molecule has 1 aliphatic heterocycles. The van der Waals surface area contributed by atoms with Crippen molar-refractivity contribution in [3.8, 4) is 0 Å². The topological polar surface area (TPSA) is 54.5 Å². The monoisotopic (exact) mass is 314 g/mol. The maximum atomic E-state index is 12.6. The van der Waals surface area contributed by atoms with Crippen molar-refractivity contribution in [1.82, 2.24) is 19.6 Å². The molecule has 2 fully saturated rings. The zero-order chi connectivity index (χ0) is 15.8. The van der Waals surface area contributed by atoms with E-state index in [1.807, 2.05) is 41.2 Å². The van der Waals surface area contributed by atoms with E-state index in [1.165, 1.54) is 5.56 Å². The van der Waals surface area contributed by atoms with Crippen LogP contribution in [0.3, 0.4) is 0 Å². The van der Waals surface area contributed by atoms with E-state index in [0.29, 0.717) is 11.8 Å². The number of hydrogen-bond donors (Lipinski definition) is 0. The Balaban J connectivity index is 1.28. The van der Waals surface area contributed by atoms with Gasteiger partial charge in [0.25, 0.3) is 0 Å². The van der Waals surface area contributed by atoms with Crippen LogP contribution in [-0.2, 0) is 18.4 Å². The minimum absolute atomic E-state index is 0.163. The predicted octanol–water partition coefficient (Wildman–Crippen LogP) is 1.46. The molecule has 4 rings (SSSR count). The summed E-state index contributed by atoms with van der Waals surface area (Å²) < 4.78 is 7.20. The Morgan fingerprint density at radius 1 is 1.35 bits per heavy atom. The highest BCUT2D eigenvalue weighted by atomic mass is 16.3. The second kappa shape index (κ2) is 5.85. The first-order chi connectivity index (χ1) is 11.2. The summed E-state index contributed by atoms with van der Waals surface area (Å²) in [6, 6.07) is 3.92. The summed E-state index contributed by atoms with van der Waals surface area (Å²) in [4.78, 5) is 17.0. The van der Waals surface area contributed by atoms with Gasteiger partial charge < -0.3 is 9.32 Å². The van der Waals surface area contributed by atoms with E-state index >= 15 is 0 Å². The summed E-state index contributed by atoms with van der Waals surface area (Å²) in [5.74, 6) is 1.84. The smallest absolute Gasteiger partial charge is 0.226 e. The normalized spacial score (nSPS) is 24.8. The maximum absolute atomic E-state index is 12.6. The number of nitrogens with zero attached hydrogens (tertiary/aromatic N) is 4. The number of furan rings is 1. The minimum Gasteiger partial charge on any atom is -0.468 e. The van der Waals surface area contributed by atoms with Crippen molar-refractivity contribution in [1.29, 1.82) is 0 Å². The van der Waals surface area contributed by atoms with Gasteiger partial charge in [0.1, 0.15) is 5.76 Å². The number of carbonyl (C=O) groups is 1. The van der Waals surface area contributed by atoms with Crippen LogP contribution in [0.15, 0.2) is 35.2 Å². The Morgan fingerprint density at radius 3 is 2.83 bits per heavy atom.